The van der Waals surface area contributed by atoms with E-state index >= 15 is 0 Å². The number of hydrogen-bond acceptors (Lipinski definition) is 6. The molecule has 2 aromatic heterocycles. The highest BCUT2D eigenvalue weighted by molar-refractivity contribution is 6.31. The number of ether oxygens (including phenoxy) is 2. The predicted octanol–water partition coefficient (Wildman–Crippen LogP) is 2.55. The zero-order valence-corrected chi connectivity index (χ0v) is 14.0. The number of rotatable bonds is 4. The van der Waals surface area contributed by atoms with Crippen molar-refractivity contribution in [2.75, 3.05) is 18.9 Å². The number of amidine groups is 1. The number of nitrogens with one attached hydrogen (secondary N) is 1. The van der Waals surface area contributed by atoms with Gasteiger partial charge in [0.25, 0.3) is 0 Å². The molecule has 2 aliphatic rings. The first-order valence-corrected chi connectivity index (χ1v) is 8.23. The van der Waals surface area contributed by atoms with Crippen LogP contribution in [0.15, 0.2) is 41.5 Å². The van der Waals surface area contributed by atoms with Gasteiger partial charge in [0.15, 0.2) is 5.82 Å². The summed E-state index contributed by atoms with van der Waals surface area (Å²) in [6.07, 6.45) is 4.40. The monoisotopic (exact) mass is 357 g/mol. The van der Waals surface area contributed by atoms with Crippen molar-refractivity contribution in [1.82, 2.24) is 15.3 Å². The van der Waals surface area contributed by atoms with Crippen LogP contribution in [0.3, 0.4) is 0 Å². The Labute approximate surface area is 149 Å². The molecule has 0 saturated carbocycles. The fraction of sp³-hybridized carbons (Fsp3) is 0.235. The number of aliphatic imine (C=N–C) groups is 1. The molecule has 0 bridgehead atoms. The Morgan fingerprint density at radius 1 is 1.32 bits per heavy atom. The van der Waals surface area contributed by atoms with Crippen LogP contribution in [0.5, 0.6) is 5.88 Å². The van der Waals surface area contributed by atoms with Gasteiger partial charge in [0.1, 0.15) is 22.8 Å². The van der Waals surface area contributed by atoms with Crippen molar-refractivity contribution in [1.29, 1.82) is 0 Å². The van der Waals surface area contributed by atoms with Crippen LogP contribution in [0.25, 0.3) is 5.70 Å². The summed E-state index contributed by atoms with van der Waals surface area (Å²) in [5, 5.41) is 3.73. The van der Waals surface area contributed by atoms with Crippen LogP contribution >= 0.6 is 11.6 Å². The Balaban J connectivity index is 1.49. The molecule has 4 rings (SSSR count). The quantitative estimate of drug-likeness (QED) is 0.873. The molecule has 1 fully saturated rings. The van der Waals surface area contributed by atoms with Crippen molar-refractivity contribution in [3.63, 3.8) is 0 Å². The van der Waals surface area contributed by atoms with Crippen molar-refractivity contribution in [3.8, 4) is 5.88 Å². The third kappa shape index (κ3) is 3.57. The topological polar surface area (TPSA) is 94.7 Å². The minimum Gasteiger partial charge on any atom is -0.468 e. The van der Waals surface area contributed by atoms with Gasteiger partial charge in [-0.1, -0.05) is 17.7 Å². The number of aromatic nitrogens is 2. The van der Waals surface area contributed by atoms with Crippen LogP contribution in [0.2, 0.25) is 5.02 Å². The number of nitrogen functional groups attached to an aromatic ring is 1. The summed E-state index contributed by atoms with van der Waals surface area (Å²) in [4.78, 5) is 12.9. The lowest BCUT2D eigenvalue weighted by Crippen LogP contribution is -2.38. The molecule has 1 saturated heterocycles. The van der Waals surface area contributed by atoms with Gasteiger partial charge in [-0.25, -0.2) is 9.98 Å². The minimum absolute atomic E-state index is 0.00271. The summed E-state index contributed by atoms with van der Waals surface area (Å²) < 4.78 is 10.8. The molecular weight excluding hydrogens is 342 g/mol. The fourth-order valence-electron chi connectivity index (χ4n) is 2.47. The number of hydrogen-bond donors (Lipinski definition) is 2. The van der Waals surface area contributed by atoms with Crippen molar-refractivity contribution in [2.45, 2.75) is 12.5 Å². The zero-order chi connectivity index (χ0) is 17.2. The lowest BCUT2D eigenvalue weighted by molar-refractivity contribution is -0.0812. The first kappa shape index (κ1) is 15.9. The normalized spacial score (nSPS) is 18.6. The molecule has 25 heavy (non-hydrogen) atoms. The highest BCUT2D eigenvalue weighted by Crippen LogP contribution is 2.28. The van der Waals surface area contributed by atoms with E-state index in [-0.39, 0.29) is 6.10 Å². The van der Waals surface area contributed by atoms with Crippen molar-refractivity contribution < 1.29 is 9.47 Å². The van der Waals surface area contributed by atoms with Crippen LogP contribution in [0.1, 0.15) is 12.0 Å². The molecule has 0 spiro atoms. The Morgan fingerprint density at radius 3 is 2.96 bits per heavy atom. The smallest absolute Gasteiger partial charge is 0.235 e. The van der Waals surface area contributed by atoms with Crippen molar-refractivity contribution in [2.24, 2.45) is 4.99 Å². The molecule has 0 aromatic carbocycles. The van der Waals surface area contributed by atoms with E-state index in [1.54, 1.807) is 18.3 Å². The maximum absolute atomic E-state index is 6.14. The van der Waals surface area contributed by atoms with Crippen LogP contribution < -0.4 is 15.8 Å². The summed E-state index contributed by atoms with van der Waals surface area (Å²) in [5.41, 5.74) is 7.65. The zero-order valence-electron chi connectivity index (χ0n) is 13.3. The van der Waals surface area contributed by atoms with Gasteiger partial charge < -0.3 is 20.5 Å². The molecule has 0 atom stereocenters. The summed E-state index contributed by atoms with van der Waals surface area (Å²) in [6, 6.07) is 7.19. The molecule has 7 nitrogen and oxygen atoms in total. The van der Waals surface area contributed by atoms with Crippen LogP contribution in [0, 0.1) is 0 Å². The summed E-state index contributed by atoms with van der Waals surface area (Å²) in [6.45, 7) is 1.11. The molecule has 0 unspecified atom stereocenters. The second kappa shape index (κ2) is 6.70. The maximum Gasteiger partial charge on any atom is 0.235 e. The molecule has 4 heterocycles. The van der Waals surface area contributed by atoms with Gasteiger partial charge in [-0.3, -0.25) is 0 Å². The highest BCUT2D eigenvalue weighted by Gasteiger charge is 2.22. The van der Waals surface area contributed by atoms with E-state index in [4.69, 9.17) is 26.8 Å². The fourth-order valence-corrected chi connectivity index (χ4v) is 2.62. The number of pyridine rings is 2. The standard InChI is InChI=1S/C17H16ClN5O2/c18-12-1-3-16(23-17(12)25-11-8-24-9-11)22-15-4-2-13(21-15)10-5-6-20-14(19)7-10/h1-3,5-7,11H,4,8-9H2,(H2,19,20)(H,21,22,23). The van der Waals surface area contributed by atoms with Crippen LogP contribution in [-0.2, 0) is 4.74 Å². The van der Waals surface area contributed by atoms with E-state index in [1.807, 2.05) is 18.2 Å². The van der Waals surface area contributed by atoms with Gasteiger partial charge in [-0.15, -0.1) is 0 Å². The Kier molecular flexibility index (Phi) is 4.25. The number of halogens is 1. The van der Waals surface area contributed by atoms with E-state index in [0.29, 0.717) is 42.2 Å². The first-order valence-electron chi connectivity index (χ1n) is 7.85. The molecule has 128 valence electrons. The molecule has 2 aliphatic heterocycles. The lowest BCUT2D eigenvalue weighted by Gasteiger charge is -2.26. The van der Waals surface area contributed by atoms with Gasteiger partial charge in [-0.05, 0) is 24.3 Å². The van der Waals surface area contributed by atoms with E-state index in [0.717, 1.165) is 17.1 Å². The predicted molar refractivity (Wildman–Crippen MR) is 96.0 cm³/mol. The maximum atomic E-state index is 6.14. The highest BCUT2D eigenvalue weighted by atomic mass is 35.5. The van der Waals surface area contributed by atoms with E-state index in [1.165, 1.54) is 0 Å². The van der Waals surface area contributed by atoms with Crippen LogP contribution in [0.4, 0.5) is 11.6 Å². The molecular formula is C17H16ClN5O2. The Bertz CT molecular complexity index is 864. The van der Waals surface area contributed by atoms with E-state index in [2.05, 4.69) is 20.3 Å². The van der Waals surface area contributed by atoms with Crippen molar-refractivity contribution >= 4 is 34.8 Å². The van der Waals surface area contributed by atoms with Gasteiger partial charge in [0, 0.05) is 23.9 Å². The van der Waals surface area contributed by atoms with Gasteiger partial charge in [-0.2, -0.15) is 4.98 Å². The molecule has 0 amide bonds. The summed E-state index contributed by atoms with van der Waals surface area (Å²) in [7, 11) is 0. The summed E-state index contributed by atoms with van der Waals surface area (Å²) in [5.74, 6) is 2.18. The number of nitrogens with zero attached hydrogens (tertiary/aromatic N) is 3. The number of anilines is 1. The minimum atomic E-state index is 0.00271. The first-order chi connectivity index (χ1) is 12.2. The second-order valence-corrected chi connectivity index (χ2v) is 6.12. The number of nitrogens with two attached hydrogens (primary N) is 1. The molecule has 8 heteroatoms. The molecule has 0 aliphatic carbocycles. The lowest BCUT2D eigenvalue weighted by atomic mass is 10.2. The second-order valence-electron chi connectivity index (χ2n) is 5.71. The average Bonchev–Trinajstić information content (AvgIpc) is 3.02. The van der Waals surface area contributed by atoms with Gasteiger partial charge in [0.05, 0.1) is 13.2 Å². The van der Waals surface area contributed by atoms with Gasteiger partial charge in [0.2, 0.25) is 5.88 Å². The molecule has 2 aromatic rings. The van der Waals surface area contributed by atoms with Gasteiger partial charge >= 0.3 is 0 Å². The third-order valence-electron chi connectivity index (χ3n) is 3.81. The van der Waals surface area contributed by atoms with E-state index < -0.39 is 0 Å². The third-order valence-corrected chi connectivity index (χ3v) is 4.09. The van der Waals surface area contributed by atoms with E-state index in [9.17, 15) is 0 Å². The molecule has 3 N–H and O–H groups in total. The SMILES string of the molecule is Nc1cc(C2=CCC(=Nc3ccc(Cl)c(OC4COC4)n3)N2)ccn1. The van der Waals surface area contributed by atoms with Crippen LogP contribution in [-0.4, -0.2) is 35.1 Å². The summed E-state index contributed by atoms with van der Waals surface area (Å²) >= 11 is 6.14. The average molecular weight is 358 g/mol. The Morgan fingerprint density at radius 2 is 2.20 bits per heavy atom. The largest absolute Gasteiger partial charge is 0.468 e. The molecule has 0 radical (unpaired) electrons. The van der Waals surface area contributed by atoms with Crippen molar-refractivity contribution in [3.05, 3.63) is 47.1 Å². The Hall–Kier alpha value is -2.64.